The zero-order valence-corrected chi connectivity index (χ0v) is 16.7. The van der Waals surface area contributed by atoms with E-state index in [2.05, 4.69) is 31.7 Å². The molecule has 0 bridgehead atoms. The lowest BCUT2D eigenvalue weighted by Gasteiger charge is -2.10. The van der Waals surface area contributed by atoms with Crippen LogP contribution in [0.4, 0.5) is 27.5 Å². The first kappa shape index (κ1) is 20.3. The smallest absolute Gasteiger partial charge is 0.238 e. The Morgan fingerprint density at radius 1 is 1.16 bits per heavy atom. The second kappa shape index (κ2) is 8.02. The van der Waals surface area contributed by atoms with Gasteiger partial charge in [0.1, 0.15) is 0 Å². The van der Waals surface area contributed by atoms with E-state index in [0.717, 1.165) is 22.7 Å². The van der Waals surface area contributed by atoms with Crippen LogP contribution in [0.15, 0.2) is 59.8 Å². The lowest BCUT2D eigenvalue weighted by molar-refractivity contribution is 0.598. The van der Waals surface area contributed by atoms with Gasteiger partial charge in [-0.15, -0.1) is 0 Å². The minimum absolute atomic E-state index is 0.0627. The van der Waals surface area contributed by atoms with Gasteiger partial charge in [-0.05, 0) is 35.9 Å². The molecule has 0 amide bonds. The fourth-order valence-corrected chi connectivity index (χ4v) is 3.59. The molecule has 31 heavy (non-hydrogen) atoms. The van der Waals surface area contributed by atoms with Gasteiger partial charge in [-0.1, -0.05) is 12.1 Å². The van der Waals surface area contributed by atoms with Gasteiger partial charge in [-0.25, -0.2) is 22.9 Å². The standard InChI is InChI=1S/C20H16FN7O2S/c21-17-11-25-20(27-13-2-1-3-15(8-13)31(23,29)30)28-19(17)26-14-4-5-16-12(6-7-22)10-24-18(16)9-14/h1-5,8-11,24H,6H2,(H2,23,29,30)(H2,25,26,27,28). The summed E-state index contributed by atoms with van der Waals surface area (Å²) in [5.74, 6) is -0.670. The van der Waals surface area contributed by atoms with Crippen LogP contribution in [-0.2, 0) is 16.4 Å². The summed E-state index contributed by atoms with van der Waals surface area (Å²) >= 11 is 0. The largest absolute Gasteiger partial charge is 0.361 e. The van der Waals surface area contributed by atoms with Gasteiger partial charge in [-0.2, -0.15) is 10.2 Å². The molecule has 0 spiro atoms. The molecule has 9 nitrogen and oxygen atoms in total. The molecule has 156 valence electrons. The summed E-state index contributed by atoms with van der Waals surface area (Å²) in [5.41, 5.74) is 2.63. The summed E-state index contributed by atoms with van der Waals surface area (Å²) in [5, 5.41) is 20.7. The van der Waals surface area contributed by atoms with Crippen molar-refractivity contribution in [2.45, 2.75) is 11.3 Å². The summed E-state index contributed by atoms with van der Waals surface area (Å²) in [6.07, 6.45) is 3.05. The van der Waals surface area contributed by atoms with Gasteiger partial charge < -0.3 is 15.6 Å². The number of rotatable bonds is 6. The monoisotopic (exact) mass is 437 g/mol. The Morgan fingerprint density at radius 2 is 1.97 bits per heavy atom. The van der Waals surface area contributed by atoms with E-state index in [1.54, 1.807) is 24.4 Å². The molecular formula is C20H16FN7O2S. The lowest BCUT2D eigenvalue weighted by atomic mass is 10.1. The predicted molar refractivity (Wildman–Crippen MR) is 114 cm³/mol. The molecule has 4 rings (SSSR count). The second-order valence-corrected chi connectivity index (χ2v) is 8.18. The number of aromatic amines is 1. The van der Waals surface area contributed by atoms with E-state index in [-0.39, 0.29) is 23.1 Å². The molecule has 0 aliphatic rings. The molecule has 0 aliphatic heterocycles. The number of anilines is 4. The molecule has 2 aromatic heterocycles. The number of H-pyrrole nitrogens is 1. The Labute approximate surface area is 176 Å². The Morgan fingerprint density at radius 3 is 2.74 bits per heavy atom. The zero-order chi connectivity index (χ0) is 22.0. The molecule has 0 saturated carbocycles. The molecule has 2 aromatic carbocycles. The highest BCUT2D eigenvalue weighted by atomic mass is 32.2. The Bertz CT molecular complexity index is 1430. The molecule has 5 N–H and O–H groups in total. The normalized spacial score (nSPS) is 11.3. The maximum atomic E-state index is 14.3. The molecule has 11 heteroatoms. The molecular weight excluding hydrogens is 421 g/mol. The van der Waals surface area contributed by atoms with Crippen molar-refractivity contribution in [2.24, 2.45) is 5.14 Å². The minimum Gasteiger partial charge on any atom is -0.361 e. The lowest BCUT2D eigenvalue weighted by Crippen LogP contribution is -2.12. The Hall–Kier alpha value is -4.01. The van der Waals surface area contributed by atoms with Crippen molar-refractivity contribution in [2.75, 3.05) is 10.6 Å². The van der Waals surface area contributed by atoms with E-state index in [1.165, 1.54) is 18.2 Å². The maximum absolute atomic E-state index is 14.3. The van der Waals surface area contributed by atoms with Crippen molar-refractivity contribution in [3.05, 3.63) is 66.2 Å². The van der Waals surface area contributed by atoms with Crippen LogP contribution in [-0.4, -0.2) is 23.4 Å². The number of nitrogens with one attached hydrogen (secondary N) is 3. The average molecular weight is 437 g/mol. The maximum Gasteiger partial charge on any atom is 0.238 e. The number of aromatic nitrogens is 3. The third-order valence-corrected chi connectivity index (χ3v) is 5.37. The zero-order valence-electron chi connectivity index (χ0n) is 15.9. The van der Waals surface area contributed by atoms with Crippen LogP contribution in [0.1, 0.15) is 5.56 Å². The van der Waals surface area contributed by atoms with Crippen molar-refractivity contribution < 1.29 is 12.8 Å². The average Bonchev–Trinajstić information content (AvgIpc) is 3.12. The minimum atomic E-state index is -3.87. The third-order valence-electron chi connectivity index (χ3n) is 4.46. The summed E-state index contributed by atoms with van der Waals surface area (Å²) in [7, 11) is -3.87. The fraction of sp³-hybridized carbons (Fsp3) is 0.0500. The molecule has 2 heterocycles. The number of nitriles is 1. The number of halogens is 1. The first-order chi connectivity index (χ1) is 14.8. The summed E-state index contributed by atoms with van der Waals surface area (Å²) in [6.45, 7) is 0. The molecule has 4 aromatic rings. The highest BCUT2D eigenvalue weighted by Crippen LogP contribution is 2.26. The van der Waals surface area contributed by atoms with E-state index >= 15 is 0 Å². The van der Waals surface area contributed by atoms with Gasteiger partial charge in [-0.3, -0.25) is 0 Å². The van der Waals surface area contributed by atoms with Gasteiger partial charge in [0, 0.05) is 28.5 Å². The van der Waals surface area contributed by atoms with Crippen molar-refractivity contribution in [1.29, 1.82) is 5.26 Å². The molecule has 0 radical (unpaired) electrons. The van der Waals surface area contributed by atoms with Crippen molar-refractivity contribution in [3.63, 3.8) is 0 Å². The van der Waals surface area contributed by atoms with Crippen LogP contribution < -0.4 is 15.8 Å². The summed E-state index contributed by atoms with van der Waals surface area (Å²) in [4.78, 5) is 11.0. The van der Waals surface area contributed by atoms with E-state index in [4.69, 9.17) is 10.4 Å². The first-order valence-corrected chi connectivity index (χ1v) is 10.5. The number of nitrogens with zero attached hydrogens (tertiary/aromatic N) is 3. The highest BCUT2D eigenvalue weighted by molar-refractivity contribution is 7.89. The summed E-state index contributed by atoms with van der Waals surface area (Å²) < 4.78 is 37.3. The molecule has 0 aliphatic carbocycles. The van der Waals surface area contributed by atoms with Crippen LogP contribution in [0.2, 0.25) is 0 Å². The van der Waals surface area contributed by atoms with Crippen LogP contribution >= 0.6 is 0 Å². The second-order valence-electron chi connectivity index (χ2n) is 6.62. The number of hydrogen-bond acceptors (Lipinski definition) is 7. The van der Waals surface area contributed by atoms with E-state index in [1.807, 2.05) is 6.07 Å². The molecule has 0 saturated heterocycles. The van der Waals surface area contributed by atoms with Crippen LogP contribution in [0, 0.1) is 17.1 Å². The number of nitrogens with two attached hydrogens (primary N) is 1. The van der Waals surface area contributed by atoms with Crippen LogP contribution in [0.5, 0.6) is 0 Å². The predicted octanol–water partition coefficient (Wildman–Crippen LogP) is 3.30. The Balaban J connectivity index is 1.59. The van der Waals surface area contributed by atoms with Gasteiger partial charge in [0.05, 0.1) is 23.6 Å². The van der Waals surface area contributed by atoms with E-state index in [9.17, 15) is 12.8 Å². The van der Waals surface area contributed by atoms with E-state index < -0.39 is 15.8 Å². The number of primary sulfonamides is 1. The van der Waals surface area contributed by atoms with Crippen molar-refractivity contribution >= 4 is 44.1 Å². The Kier molecular flexibility index (Phi) is 5.24. The number of benzene rings is 2. The topological polar surface area (TPSA) is 150 Å². The van der Waals surface area contributed by atoms with Crippen molar-refractivity contribution in [1.82, 2.24) is 15.0 Å². The third kappa shape index (κ3) is 4.45. The van der Waals surface area contributed by atoms with Crippen LogP contribution in [0.3, 0.4) is 0 Å². The number of sulfonamides is 1. The quantitative estimate of drug-likeness (QED) is 0.361. The SMILES string of the molecule is N#CCc1c[nH]c2cc(Nc3nc(Nc4cccc(S(N)(=O)=O)c4)ncc3F)ccc12. The van der Waals surface area contributed by atoms with Gasteiger partial charge in [0.25, 0.3) is 0 Å². The van der Waals surface area contributed by atoms with Gasteiger partial charge in [0.2, 0.25) is 16.0 Å². The molecule has 0 fully saturated rings. The number of fused-ring (bicyclic) bond motifs is 1. The van der Waals surface area contributed by atoms with Crippen LogP contribution in [0.25, 0.3) is 10.9 Å². The van der Waals surface area contributed by atoms with E-state index in [0.29, 0.717) is 11.4 Å². The first-order valence-electron chi connectivity index (χ1n) is 9.00. The number of hydrogen-bond donors (Lipinski definition) is 4. The van der Waals surface area contributed by atoms with Gasteiger partial charge >= 0.3 is 0 Å². The highest BCUT2D eigenvalue weighted by Gasteiger charge is 2.12. The molecule has 0 atom stereocenters. The summed E-state index contributed by atoms with van der Waals surface area (Å²) in [6, 6.07) is 13.3. The van der Waals surface area contributed by atoms with Gasteiger partial charge in [0.15, 0.2) is 11.6 Å². The fourth-order valence-electron chi connectivity index (χ4n) is 3.03. The van der Waals surface area contributed by atoms with Crippen molar-refractivity contribution in [3.8, 4) is 6.07 Å². The molecule has 0 unspecified atom stereocenters.